The molecule has 1 aliphatic carbocycles. The molecule has 0 aromatic heterocycles. The first-order valence-corrected chi connectivity index (χ1v) is 13.4. The second-order valence-electron chi connectivity index (χ2n) is 9.40. The van der Waals surface area contributed by atoms with Crippen LogP contribution >= 0.6 is 23.2 Å². The molecule has 36 heavy (non-hydrogen) atoms. The van der Waals surface area contributed by atoms with Crippen LogP contribution in [0.15, 0.2) is 78.9 Å². The molecule has 1 aliphatic rings. The summed E-state index contributed by atoms with van der Waals surface area (Å²) >= 11 is 13.0. The molecular weight excluding hydrogens is 491 g/mol. The minimum atomic E-state index is -0.677. The average molecular weight is 524 g/mol. The maximum absolute atomic E-state index is 13.8. The van der Waals surface area contributed by atoms with E-state index in [1.165, 1.54) is 0 Å². The minimum absolute atomic E-state index is 0.0997. The average Bonchev–Trinajstić information content (AvgIpc) is 3.40. The van der Waals surface area contributed by atoms with Gasteiger partial charge in [-0.25, -0.2) is 0 Å². The molecule has 0 aliphatic heterocycles. The summed E-state index contributed by atoms with van der Waals surface area (Å²) in [6.45, 7) is 0.168. The number of benzene rings is 3. The van der Waals surface area contributed by atoms with E-state index in [9.17, 15) is 9.59 Å². The van der Waals surface area contributed by atoms with Gasteiger partial charge in [0.15, 0.2) is 0 Å². The van der Waals surface area contributed by atoms with Gasteiger partial charge >= 0.3 is 0 Å². The first kappa shape index (κ1) is 26.2. The van der Waals surface area contributed by atoms with Crippen molar-refractivity contribution in [3.05, 3.63) is 106 Å². The number of carbonyl (C=O) groups excluding carboxylic acids is 2. The van der Waals surface area contributed by atoms with Crippen molar-refractivity contribution in [2.24, 2.45) is 0 Å². The van der Waals surface area contributed by atoms with Crippen LogP contribution in [-0.2, 0) is 29.0 Å². The zero-order valence-corrected chi connectivity index (χ0v) is 21.8. The highest BCUT2D eigenvalue weighted by Crippen LogP contribution is 2.28. The Balaban J connectivity index is 1.65. The van der Waals surface area contributed by atoms with E-state index in [4.69, 9.17) is 23.2 Å². The molecule has 0 spiro atoms. The molecule has 6 heteroatoms. The molecular formula is C30H32Cl2N2O2. The molecule has 4 rings (SSSR count). The molecule has 0 heterocycles. The Hall–Kier alpha value is -2.82. The van der Waals surface area contributed by atoms with Crippen molar-refractivity contribution in [2.75, 3.05) is 0 Å². The van der Waals surface area contributed by atoms with Crippen molar-refractivity contribution in [3.8, 4) is 0 Å². The molecule has 2 amide bonds. The third-order valence-electron chi connectivity index (χ3n) is 6.83. The molecule has 1 saturated carbocycles. The van der Waals surface area contributed by atoms with Gasteiger partial charge in [-0.1, -0.05) is 103 Å². The van der Waals surface area contributed by atoms with Crippen LogP contribution in [0.1, 0.15) is 48.8 Å². The van der Waals surface area contributed by atoms with Gasteiger partial charge in [0.25, 0.3) is 0 Å². The van der Waals surface area contributed by atoms with Crippen LogP contribution < -0.4 is 5.32 Å². The van der Waals surface area contributed by atoms with Crippen LogP contribution in [0.25, 0.3) is 0 Å². The summed E-state index contributed by atoms with van der Waals surface area (Å²) in [5, 5.41) is 4.19. The van der Waals surface area contributed by atoms with Crippen LogP contribution in [0.4, 0.5) is 0 Å². The van der Waals surface area contributed by atoms with Crippen molar-refractivity contribution in [3.63, 3.8) is 0 Å². The van der Waals surface area contributed by atoms with Gasteiger partial charge in [0, 0.05) is 41.0 Å². The number of nitrogens with one attached hydrogen (secondary N) is 1. The summed E-state index contributed by atoms with van der Waals surface area (Å²) in [5.41, 5.74) is 2.73. The number of rotatable bonds is 10. The fourth-order valence-corrected chi connectivity index (χ4v) is 5.33. The molecule has 1 fully saturated rings. The van der Waals surface area contributed by atoms with Crippen LogP contribution in [0.3, 0.4) is 0 Å². The number of halogens is 2. The van der Waals surface area contributed by atoms with Gasteiger partial charge in [0.1, 0.15) is 6.04 Å². The van der Waals surface area contributed by atoms with Crippen molar-refractivity contribution in [2.45, 2.75) is 63.6 Å². The van der Waals surface area contributed by atoms with E-state index < -0.39 is 6.04 Å². The Labute approximate surface area is 223 Å². The lowest BCUT2D eigenvalue weighted by molar-refractivity contribution is -0.141. The number of carbonyl (C=O) groups is 2. The van der Waals surface area contributed by atoms with Crippen LogP contribution in [-0.4, -0.2) is 28.8 Å². The lowest BCUT2D eigenvalue weighted by atomic mass is 10.0. The number of aryl methyl sites for hydroxylation is 1. The maximum atomic E-state index is 13.8. The van der Waals surface area contributed by atoms with Gasteiger partial charge in [-0.3, -0.25) is 9.59 Å². The topological polar surface area (TPSA) is 49.4 Å². The molecule has 1 atom stereocenters. The Bertz CT molecular complexity index is 1130. The lowest BCUT2D eigenvalue weighted by Gasteiger charge is -2.33. The third-order valence-corrected chi connectivity index (χ3v) is 7.54. The quantitative estimate of drug-likeness (QED) is 0.325. The van der Waals surface area contributed by atoms with E-state index in [1.54, 1.807) is 23.1 Å². The fraction of sp³-hybridized carbons (Fsp3) is 0.333. The molecule has 3 aromatic rings. The summed E-state index contributed by atoms with van der Waals surface area (Å²) in [5.74, 6) is -0.223. The van der Waals surface area contributed by atoms with E-state index in [1.807, 2.05) is 60.7 Å². The van der Waals surface area contributed by atoms with E-state index in [0.717, 1.165) is 36.8 Å². The SMILES string of the molecule is O=C(NC1CCCC1)[C@H](Cc1ccccc1)N(Cc1c(Cl)cccc1Cl)C(=O)CCc1ccccc1. The summed E-state index contributed by atoms with van der Waals surface area (Å²) in [6, 6.07) is 24.5. The number of amides is 2. The van der Waals surface area contributed by atoms with E-state index in [0.29, 0.717) is 28.5 Å². The zero-order chi connectivity index (χ0) is 25.3. The standard InChI is InChI=1S/C30H32Cl2N2O2/c31-26-16-9-17-27(32)25(26)21-34(29(35)19-18-22-10-3-1-4-11-22)28(20-23-12-5-2-6-13-23)30(36)33-24-14-7-8-15-24/h1-6,9-13,16-17,24,28H,7-8,14-15,18-21H2,(H,33,36)/t28-/m0/s1. The number of hydrogen-bond donors (Lipinski definition) is 1. The van der Waals surface area contributed by atoms with Gasteiger partial charge in [0.2, 0.25) is 11.8 Å². The van der Waals surface area contributed by atoms with Gasteiger partial charge in [-0.15, -0.1) is 0 Å². The van der Waals surface area contributed by atoms with E-state index in [-0.39, 0.29) is 30.8 Å². The predicted octanol–water partition coefficient (Wildman–Crippen LogP) is 6.62. The first-order chi connectivity index (χ1) is 17.5. The molecule has 0 unspecified atom stereocenters. The van der Waals surface area contributed by atoms with Gasteiger partial charge < -0.3 is 10.2 Å². The highest BCUT2D eigenvalue weighted by atomic mass is 35.5. The van der Waals surface area contributed by atoms with Gasteiger partial charge in [-0.05, 0) is 42.5 Å². The minimum Gasteiger partial charge on any atom is -0.352 e. The summed E-state index contributed by atoms with van der Waals surface area (Å²) in [4.78, 5) is 29.2. The van der Waals surface area contributed by atoms with E-state index >= 15 is 0 Å². The smallest absolute Gasteiger partial charge is 0.243 e. The summed E-state index contributed by atoms with van der Waals surface area (Å²) in [7, 11) is 0. The van der Waals surface area contributed by atoms with Gasteiger partial charge in [-0.2, -0.15) is 0 Å². The number of nitrogens with zero attached hydrogens (tertiary/aromatic N) is 1. The third kappa shape index (κ3) is 7.11. The Morgan fingerprint density at radius 3 is 2.03 bits per heavy atom. The fourth-order valence-electron chi connectivity index (χ4n) is 4.81. The summed E-state index contributed by atoms with van der Waals surface area (Å²) < 4.78 is 0. The second-order valence-corrected chi connectivity index (χ2v) is 10.2. The molecule has 188 valence electrons. The largest absolute Gasteiger partial charge is 0.352 e. The Kier molecular flexibility index (Phi) is 9.43. The van der Waals surface area contributed by atoms with E-state index in [2.05, 4.69) is 5.32 Å². The van der Waals surface area contributed by atoms with Crippen LogP contribution in [0, 0.1) is 0 Å². The Morgan fingerprint density at radius 1 is 0.833 bits per heavy atom. The number of hydrogen-bond acceptors (Lipinski definition) is 2. The predicted molar refractivity (Wildman–Crippen MR) is 146 cm³/mol. The highest BCUT2D eigenvalue weighted by molar-refractivity contribution is 6.36. The molecule has 3 aromatic carbocycles. The zero-order valence-electron chi connectivity index (χ0n) is 20.3. The van der Waals surface area contributed by atoms with Crippen LogP contribution in [0.2, 0.25) is 10.0 Å². The first-order valence-electron chi connectivity index (χ1n) is 12.6. The van der Waals surface area contributed by atoms with Crippen molar-refractivity contribution >= 4 is 35.0 Å². The second kappa shape index (κ2) is 12.9. The summed E-state index contributed by atoms with van der Waals surface area (Å²) in [6.07, 6.45) is 5.47. The van der Waals surface area contributed by atoms with Gasteiger partial charge in [0.05, 0.1) is 0 Å². The van der Waals surface area contributed by atoms with Crippen molar-refractivity contribution < 1.29 is 9.59 Å². The highest BCUT2D eigenvalue weighted by Gasteiger charge is 2.32. The Morgan fingerprint density at radius 2 is 1.42 bits per heavy atom. The van der Waals surface area contributed by atoms with Crippen molar-refractivity contribution in [1.82, 2.24) is 10.2 Å². The monoisotopic (exact) mass is 522 g/mol. The maximum Gasteiger partial charge on any atom is 0.243 e. The molecule has 4 nitrogen and oxygen atoms in total. The molecule has 1 N–H and O–H groups in total. The normalized spacial score (nSPS) is 14.4. The molecule has 0 bridgehead atoms. The molecule has 0 saturated heterocycles. The van der Waals surface area contributed by atoms with Crippen molar-refractivity contribution in [1.29, 1.82) is 0 Å². The lowest BCUT2D eigenvalue weighted by Crippen LogP contribution is -2.52. The van der Waals surface area contributed by atoms with Crippen LogP contribution in [0.5, 0.6) is 0 Å². The molecule has 0 radical (unpaired) electrons.